The monoisotopic (exact) mass is 222 g/mol. The fourth-order valence-electron chi connectivity index (χ4n) is 1.77. The SMILES string of the molecule is C[C@@H](O)c1ccc(OCC2CCOC2)cc1. The van der Waals surface area contributed by atoms with Crippen molar-refractivity contribution < 1.29 is 14.6 Å². The molecule has 1 saturated heterocycles. The average molecular weight is 222 g/mol. The predicted molar refractivity (Wildman–Crippen MR) is 61.5 cm³/mol. The molecule has 2 rings (SSSR count). The van der Waals surface area contributed by atoms with Crippen LogP contribution in [0.25, 0.3) is 0 Å². The smallest absolute Gasteiger partial charge is 0.119 e. The van der Waals surface area contributed by atoms with Crippen molar-refractivity contribution in [1.82, 2.24) is 0 Å². The molecule has 1 heterocycles. The Morgan fingerprint density at radius 2 is 2.19 bits per heavy atom. The van der Waals surface area contributed by atoms with Gasteiger partial charge in [0.2, 0.25) is 0 Å². The van der Waals surface area contributed by atoms with Gasteiger partial charge in [-0.3, -0.25) is 0 Å². The minimum Gasteiger partial charge on any atom is -0.493 e. The van der Waals surface area contributed by atoms with Gasteiger partial charge in [-0.25, -0.2) is 0 Å². The molecule has 0 radical (unpaired) electrons. The summed E-state index contributed by atoms with van der Waals surface area (Å²) in [7, 11) is 0. The highest BCUT2D eigenvalue weighted by molar-refractivity contribution is 5.28. The maximum atomic E-state index is 9.36. The van der Waals surface area contributed by atoms with Gasteiger partial charge in [-0.1, -0.05) is 12.1 Å². The summed E-state index contributed by atoms with van der Waals surface area (Å²) in [6.07, 6.45) is 0.670. The topological polar surface area (TPSA) is 38.7 Å². The first-order valence-corrected chi connectivity index (χ1v) is 5.74. The zero-order valence-corrected chi connectivity index (χ0v) is 9.56. The van der Waals surface area contributed by atoms with E-state index in [1.807, 2.05) is 24.3 Å². The van der Waals surface area contributed by atoms with Crippen molar-refractivity contribution >= 4 is 0 Å². The van der Waals surface area contributed by atoms with Crippen molar-refractivity contribution in [2.45, 2.75) is 19.4 Å². The van der Waals surface area contributed by atoms with Gasteiger partial charge in [-0.2, -0.15) is 0 Å². The fraction of sp³-hybridized carbons (Fsp3) is 0.538. The molecule has 0 aromatic heterocycles. The summed E-state index contributed by atoms with van der Waals surface area (Å²) in [4.78, 5) is 0. The average Bonchev–Trinajstić information content (AvgIpc) is 2.80. The van der Waals surface area contributed by atoms with E-state index in [0.717, 1.165) is 30.9 Å². The molecule has 0 spiro atoms. The van der Waals surface area contributed by atoms with Crippen LogP contribution in [0.3, 0.4) is 0 Å². The number of aliphatic hydroxyl groups excluding tert-OH is 1. The van der Waals surface area contributed by atoms with Gasteiger partial charge in [0.25, 0.3) is 0 Å². The minimum absolute atomic E-state index is 0.419. The molecule has 0 amide bonds. The van der Waals surface area contributed by atoms with E-state index in [2.05, 4.69) is 0 Å². The largest absolute Gasteiger partial charge is 0.493 e. The van der Waals surface area contributed by atoms with E-state index in [9.17, 15) is 5.11 Å². The highest BCUT2D eigenvalue weighted by Gasteiger charge is 2.16. The first-order valence-electron chi connectivity index (χ1n) is 5.74. The van der Waals surface area contributed by atoms with E-state index in [1.165, 1.54) is 0 Å². The molecular weight excluding hydrogens is 204 g/mol. The zero-order valence-electron chi connectivity index (χ0n) is 9.56. The van der Waals surface area contributed by atoms with Crippen LogP contribution in [-0.4, -0.2) is 24.9 Å². The molecule has 0 aliphatic carbocycles. The second kappa shape index (κ2) is 5.32. The number of ether oxygens (including phenoxy) is 2. The van der Waals surface area contributed by atoms with Crippen molar-refractivity contribution in [3.8, 4) is 5.75 Å². The lowest BCUT2D eigenvalue weighted by Crippen LogP contribution is -2.11. The molecule has 1 aliphatic heterocycles. The van der Waals surface area contributed by atoms with Gasteiger partial charge in [-0.05, 0) is 31.0 Å². The van der Waals surface area contributed by atoms with E-state index >= 15 is 0 Å². The Morgan fingerprint density at radius 1 is 1.44 bits per heavy atom. The summed E-state index contributed by atoms with van der Waals surface area (Å²) in [5.41, 5.74) is 0.913. The third-order valence-corrected chi connectivity index (χ3v) is 2.87. The maximum absolute atomic E-state index is 9.36. The molecule has 88 valence electrons. The lowest BCUT2D eigenvalue weighted by atomic mass is 10.1. The second-order valence-corrected chi connectivity index (χ2v) is 4.29. The standard InChI is InChI=1S/C13H18O3/c1-10(14)12-2-4-13(5-3-12)16-9-11-6-7-15-8-11/h2-5,10-11,14H,6-9H2,1H3/t10-,11?/m1/s1. The molecule has 0 bridgehead atoms. The molecule has 3 nitrogen and oxygen atoms in total. The summed E-state index contributed by atoms with van der Waals surface area (Å²) in [5, 5.41) is 9.36. The van der Waals surface area contributed by atoms with Crippen molar-refractivity contribution in [2.75, 3.05) is 19.8 Å². The van der Waals surface area contributed by atoms with Crippen LogP contribution in [0.4, 0.5) is 0 Å². The Balaban J connectivity index is 1.84. The van der Waals surface area contributed by atoms with E-state index in [-0.39, 0.29) is 0 Å². The van der Waals surface area contributed by atoms with Gasteiger partial charge in [-0.15, -0.1) is 0 Å². The summed E-state index contributed by atoms with van der Waals surface area (Å²) in [6.45, 7) is 4.14. The molecule has 1 aliphatic rings. The Morgan fingerprint density at radius 3 is 2.75 bits per heavy atom. The Hall–Kier alpha value is -1.06. The lowest BCUT2D eigenvalue weighted by molar-refractivity contribution is 0.167. The third kappa shape index (κ3) is 2.97. The quantitative estimate of drug-likeness (QED) is 0.848. The molecule has 1 N–H and O–H groups in total. The van der Waals surface area contributed by atoms with Crippen molar-refractivity contribution in [3.05, 3.63) is 29.8 Å². The van der Waals surface area contributed by atoms with Crippen LogP contribution in [0.5, 0.6) is 5.75 Å². The van der Waals surface area contributed by atoms with Crippen molar-refractivity contribution in [1.29, 1.82) is 0 Å². The van der Waals surface area contributed by atoms with E-state index in [4.69, 9.17) is 9.47 Å². The molecule has 0 saturated carbocycles. The summed E-state index contributed by atoms with van der Waals surface area (Å²) in [5.74, 6) is 1.38. The molecule has 1 aromatic carbocycles. The van der Waals surface area contributed by atoms with Crippen molar-refractivity contribution in [2.24, 2.45) is 5.92 Å². The molecule has 3 heteroatoms. The minimum atomic E-state index is -0.419. The van der Waals surface area contributed by atoms with Crippen LogP contribution in [0.1, 0.15) is 25.0 Å². The highest BCUT2D eigenvalue weighted by atomic mass is 16.5. The van der Waals surface area contributed by atoms with Crippen molar-refractivity contribution in [3.63, 3.8) is 0 Å². The first kappa shape index (κ1) is 11.4. The Kier molecular flexibility index (Phi) is 3.80. The third-order valence-electron chi connectivity index (χ3n) is 2.87. The molecule has 1 aromatic rings. The lowest BCUT2D eigenvalue weighted by Gasteiger charge is -2.11. The van der Waals surface area contributed by atoms with Crippen LogP contribution in [0, 0.1) is 5.92 Å². The zero-order chi connectivity index (χ0) is 11.4. The van der Waals surface area contributed by atoms with E-state index < -0.39 is 6.10 Å². The molecule has 2 atom stereocenters. The number of hydrogen-bond acceptors (Lipinski definition) is 3. The van der Waals surface area contributed by atoms with E-state index in [1.54, 1.807) is 6.92 Å². The number of benzene rings is 1. The van der Waals surface area contributed by atoms with Gasteiger partial charge in [0.15, 0.2) is 0 Å². The Bertz CT molecular complexity index is 312. The summed E-state index contributed by atoms with van der Waals surface area (Å²) >= 11 is 0. The van der Waals surface area contributed by atoms with Gasteiger partial charge < -0.3 is 14.6 Å². The van der Waals surface area contributed by atoms with Crippen LogP contribution in [-0.2, 0) is 4.74 Å². The van der Waals surface area contributed by atoms with E-state index in [0.29, 0.717) is 12.5 Å². The van der Waals surface area contributed by atoms with Crippen LogP contribution in [0.15, 0.2) is 24.3 Å². The summed E-state index contributed by atoms with van der Waals surface area (Å²) in [6, 6.07) is 7.59. The van der Waals surface area contributed by atoms with Crippen LogP contribution < -0.4 is 4.74 Å². The van der Waals surface area contributed by atoms with Crippen LogP contribution in [0.2, 0.25) is 0 Å². The second-order valence-electron chi connectivity index (χ2n) is 4.29. The maximum Gasteiger partial charge on any atom is 0.119 e. The van der Waals surface area contributed by atoms with Gasteiger partial charge >= 0.3 is 0 Å². The highest BCUT2D eigenvalue weighted by Crippen LogP contribution is 2.19. The summed E-state index contributed by atoms with van der Waals surface area (Å²) < 4.78 is 10.9. The van der Waals surface area contributed by atoms with Gasteiger partial charge in [0.05, 0.1) is 19.3 Å². The predicted octanol–water partition coefficient (Wildman–Crippen LogP) is 2.16. The van der Waals surface area contributed by atoms with Gasteiger partial charge in [0.1, 0.15) is 5.75 Å². The molecule has 16 heavy (non-hydrogen) atoms. The normalized spacial score (nSPS) is 22.0. The number of rotatable bonds is 4. The first-order chi connectivity index (χ1) is 7.75. The number of aliphatic hydroxyl groups is 1. The van der Waals surface area contributed by atoms with Gasteiger partial charge in [0, 0.05) is 12.5 Å². The number of hydrogen-bond donors (Lipinski definition) is 1. The fourth-order valence-corrected chi connectivity index (χ4v) is 1.77. The molecule has 1 fully saturated rings. The molecule has 1 unspecified atom stereocenters. The molecular formula is C13H18O3. The Labute approximate surface area is 96.0 Å². The van der Waals surface area contributed by atoms with Crippen LogP contribution >= 0.6 is 0 Å².